The van der Waals surface area contributed by atoms with Gasteiger partial charge in [0.15, 0.2) is 0 Å². The largest absolute Gasteiger partial charge is 0.354 e. The molecule has 1 aliphatic carbocycles. The number of hydrogen-bond acceptors (Lipinski definition) is 3. The van der Waals surface area contributed by atoms with Crippen molar-refractivity contribution in [1.82, 2.24) is 5.32 Å². The number of allylic oxidation sites excluding steroid dienone is 1. The van der Waals surface area contributed by atoms with E-state index in [0.29, 0.717) is 17.3 Å². The van der Waals surface area contributed by atoms with Gasteiger partial charge < -0.3 is 5.32 Å². The molecule has 7 heteroatoms. The van der Waals surface area contributed by atoms with Crippen LogP contribution in [-0.2, 0) is 14.8 Å². The van der Waals surface area contributed by atoms with Crippen molar-refractivity contribution in [3.63, 3.8) is 0 Å². The summed E-state index contributed by atoms with van der Waals surface area (Å²) in [6.07, 6.45) is 7.63. The molecule has 30 heavy (non-hydrogen) atoms. The molecule has 2 aromatic rings. The van der Waals surface area contributed by atoms with Gasteiger partial charge in [-0.05, 0) is 68.9 Å². The summed E-state index contributed by atoms with van der Waals surface area (Å²) < 4.78 is 27.8. The van der Waals surface area contributed by atoms with Crippen molar-refractivity contribution >= 4 is 33.2 Å². The van der Waals surface area contributed by atoms with E-state index >= 15 is 0 Å². The Bertz CT molecular complexity index is 1020. The molecule has 0 saturated heterocycles. The highest BCUT2D eigenvalue weighted by molar-refractivity contribution is 7.92. The van der Waals surface area contributed by atoms with Gasteiger partial charge in [0, 0.05) is 11.6 Å². The van der Waals surface area contributed by atoms with Crippen molar-refractivity contribution < 1.29 is 13.2 Å². The minimum atomic E-state index is -3.93. The number of carbonyl (C=O) groups excluding carboxylic acids is 1. The highest BCUT2D eigenvalue weighted by Gasteiger charge is 2.28. The third kappa shape index (κ3) is 5.64. The van der Waals surface area contributed by atoms with Gasteiger partial charge in [0.2, 0.25) is 5.91 Å². The molecule has 5 nitrogen and oxygen atoms in total. The Labute approximate surface area is 183 Å². The van der Waals surface area contributed by atoms with E-state index < -0.39 is 10.0 Å². The second-order valence-corrected chi connectivity index (χ2v) is 9.76. The van der Waals surface area contributed by atoms with Crippen LogP contribution >= 0.6 is 11.6 Å². The van der Waals surface area contributed by atoms with E-state index in [0.717, 1.165) is 29.1 Å². The molecule has 1 amide bonds. The monoisotopic (exact) mass is 446 g/mol. The van der Waals surface area contributed by atoms with Crippen LogP contribution in [0.2, 0.25) is 5.02 Å². The number of amides is 1. The number of hydrogen-bond donors (Lipinski definition) is 1. The molecule has 0 aliphatic heterocycles. The molecular weight excluding hydrogens is 420 g/mol. The zero-order valence-corrected chi connectivity index (χ0v) is 18.7. The molecule has 0 fully saturated rings. The fourth-order valence-electron chi connectivity index (χ4n) is 3.55. The maximum atomic E-state index is 13.3. The number of aryl methyl sites for hydroxylation is 1. The van der Waals surface area contributed by atoms with Crippen LogP contribution in [0.3, 0.4) is 0 Å². The summed E-state index contributed by atoms with van der Waals surface area (Å²) >= 11 is 6.13. The molecule has 0 saturated carbocycles. The molecule has 0 bridgehead atoms. The summed E-state index contributed by atoms with van der Waals surface area (Å²) in [7, 11) is -3.93. The van der Waals surface area contributed by atoms with E-state index in [-0.39, 0.29) is 17.3 Å². The first kappa shape index (κ1) is 22.4. The predicted molar refractivity (Wildman–Crippen MR) is 121 cm³/mol. The lowest BCUT2D eigenvalue weighted by atomic mass is 9.97. The topological polar surface area (TPSA) is 66.5 Å². The van der Waals surface area contributed by atoms with E-state index in [1.54, 1.807) is 43.3 Å². The predicted octanol–water partition coefficient (Wildman–Crippen LogP) is 4.85. The van der Waals surface area contributed by atoms with E-state index in [4.69, 9.17) is 11.6 Å². The average Bonchev–Trinajstić information content (AvgIpc) is 2.75. The van der Waals surface area contributed by atoms with Crippen molar-refractivity contribution in [1.29, 1.82) is 0 Å². The van der Waals surface area contributed by atoms with Crippen LogP contribution in [0.15, 0.2) is 65.1 Å². The van der Waals surface area contributed by atoms with Gasteiger partial charge in [0.1, 0.15) is 6.54 Å². The zero-order valence-electron chi connectivity index (χ0n) is 17.1. The maximum absolute atomic E-state index is 13.3. The van der Waals surface area contributed by atoms with Gasteiger partial charge in [0.05, 0.1) is 10.6 Å². The van der Waals surface area contributed by atoms with Gasteiger partial charge in [-0.25, -0.2) is 8.42 Å². The van der Waals surface area contributed by atoms with Gasteiger partial charge in [-0.15, -0.1) is 0 Å². The Morgan fingerprint density at radius 3 is 2.60 bits per heavy atom. The smallest absolute Gasteiger partial charge is 0.264 e. The van der Waals surface area contributed by atoms with Crippen LogP contribution in [0.4, 0.5) is 5.69 Å². The van der Waals surface area contributed by atoms with Crippen LogP contribution < -0.4 is 9.62 Å². The zero-order chi connectivity index (χ0) is 21.6. The molecular formula is C23H27ClN2O3S. The number of nitrogens with zero attached hydrogens (tertiary/aromatic N) is 1. The molecule has 0 unspecified atom stereocenters. The van der Waals surface area contributed by atoms with Crippen molar-refractivity contribution in [2.24, 2.45) is 0 Å². The molecule has 160 valence electrons. The summed E-state index contributed by atoms with van der Waals surface area (Å²) in [5.74, 6) is -0.342. The summed E-state index contributed by atoms with van der Waals surface area (Å²) in [5, 5.41) is 3.28. The first-order valence-corrected chi connectivity index (χ1v) is 12.0. The fourth-order valence-corrected chi connectivity index (χ4v) is 5.22. The molecule has 0 heterocycles. The van der Waals surface area contributed by atoms with Gasteiger partial charge in [-0.2, -0.15) is 0 Å². The molecule has 0 radical (unpaired) electrons. The standard InChI is InChI=1S/C23H27ClN2O3S/c1-18-12-13-20(24)16-22(18)26(30(28,29)21-10-6-3-7-11-21)17-23(27)25-15-14-19-8-4-2-5-9-19/h3,6-8,10-13,16H,2,4-5,9,14-15,17H2,1H3,(H,25,27). The summed E-state index contributed by atoms with van der Waals surface area (Å²) in [4.78, 5) is 12.8. The lowest BCUT2D eigenvalue weighted by Crippen LogP contribution is -2.41. The third-order valence-electron chi connectivity index (χ3n) is 5.21. The van der Waals surface area contributed by atoms with Gasteiger partial charge in [-0.3, -0.25) is 9.10 Å². The number of anilines is 1. The highest BCUT2D eigenvalue weighted by Crippen LogP contribution is 2.29. The Hall–Kier alpha value is -2.31. The Morgan fingerprint density at radius 1 is 1.13 bits per heavy atom. The third-order valence-corrected chi connectivity index (χ3v) is 7.22. The van der Waals surface area contributed by atoms with Crippen molar-refractivity contribution in [2.75, 3.05) is 17.4 Å². The number of rotatable bonds is 8. The van der Waals surface area contributed by atoms with Gasteiger partial charge in [0.25, 0.3) is 10.0 Å². The van der Waals surface area contributed by atoms with E-state index in [2.05, 4.69) is 11.4 Å². The number of carbonyl (C=O) groups is 1. The molecule has 2 aromatic carbocycles. The molecule has 1 aliphatic rings. The first-order chi connectivity index (χ1) is 14.4. The van der Waals surface area contributed by atoms with Crippen LogP contribution in [0.1, 0.15) is 37.7 Å². The van der Waals surface area contributed by atoms with Gasteiger partial charge >= 0.3 is 0 Å². The Kier molecular flexibility index (Phi) is 7.56. The Morgan fingerprint density at radius 2 is 1.90 bits per heavy atom. The van der Waals surface area contributed by atoms with Crippen molar-refractivity contribution in [3.8, 4) is 0 Å². The minimum absolute atomic E-state index is 0.129. The highest BCUT2D eigenvalue weighted by atomic mass is 35.5. The van der Waals surface area contributed by atoms with Crippen LogP contribution in [0.25, 0.3) is 0 Å². The van der Waals surface area contributed by atoms with Crippen LogP contribution in [0.5, 0.6) is 0 Å². The summed E-state index contributed by atoms with van der Waals surface area (Å²) in [6.45, 7) is 1.99. The minimum Gasteiger partial charge on any atom is -0.354 e. The maximum Gasteiger partial charge on any atom is 0.264 e. The van der Waals surface area contributed by atoms with Gasteiger partial charge in [-0.1, -0.05) is 47.5 Å². The Balaban J connectivity index is 1.80. The molecule has 0 atom stereocenters. The van der Waals surface area contributed by atoms with E-state index in [1.165, 1.54) is 30.5 Å². The SMILES string of the molecule is Cc1ccc(Cl)cc1N(CC(=O)NCCC1=CCCCC1)S(=O)(=O)c1ccccc1. The van der Waals surface area contributed by atoms with Crippen LogP contribution in [0, 0.1) is 6.92 Å². The number of nitrogens with one attached hydrogen (secondary N) is 1. The second kappa shape index (κ2) is 10.1. The number of sulfonamides is 1. The fraction of sp³-hybridized carbons (Fsp3) is 0.348. The molecule has 1 N–H and O–H groups in total. The summed E-state index contributed by atoms with van der Waals surface area (Å²) in [5.41, 5.74) is 2.48. The number of benzene rings is 2. The normalized spacial score (nSPS) is 14.1. The molecule has 0 aromatic heterocycles. The molecule has 3 rings (SSSR count). The second-order valence-electron chi connectivity index (χ2n) is 7.46. The first-order valence-electron chi connectivity index (χ1n) is 10.2. The quantitative estimate of drug-likeness (QED) is 0.589. The average molecular weight is 447 g/mol. The summed E-state index contributed by atoms with van der Waals surface area (Å²) in [6, 6.07) is 13.1. The van der Waals surface area contributed by atoms with Crippen molar-refractivity contribution in [2.45, 2.75) is 43.9 Å². The number of halogens is 1. The lowest BCUT2D eigenvalue weighted by Gasteiger charge is -2.26. The molecule has 0 spiro atoms. The van der Waals surface area contributed by atoms with Crippen molar-refractivity contribution in [3.05, 3.63) is 70.8 Å². The van der Waals surface area contributed by atoms with Crippen LogP contribution in [-0.4, -0.2) is 27.4 Å². The van der Waals surface area contributed by atoms with E-state index in [1.807, 2.05) is 0 Å². The van der Waals surface area contributed by atoms with E-state index in [9.17, 15) is 13.2 Å². The lowest BCUT2D eigenvalue weighted by molar-refractivity contribution is -0.119.